The third-order valence-electron chi connectivity index (χ3n) is 4.67. The number of likely N-dealkylation sites (tertiary alicyclic amines) is 1. The zero-order chi connectivity index (χ0) is 17.7. The third-order valence-corrected chi connectivity index (χ3v) is 5.44. The summed E-state index contributed by atoms with van der Waals surface area (Å²) in [5.41, 5.74) is 1.09. The first-order valence-corrected chi connectivity index (χ1v) is 9.04. The van der Waals surface area contributed by atoms with Crippen LogP contribution in [0.5, 0.6) is 0 Å². The molecule has 3 unspecified atom stereocenters. The van der Waals surface area contributed by atoms with Crippen LogP contribution in [0.2, 0.25) is 0 Å². The zero-order valence-corrected chi connectivity index (χ0v) is 15.7. The molecule has 24 heavy (non-hydrogen) atoms. The quantitative estimate of drug-likeness (QED) is 0.767. The van der Waals surface area contributed by atoms with Crippen LogP contribution in [0, 0.1) is 5.92 Å². The fourth-order valence-corrected chi connectivity index (χ4v) is 3.73. The molecular formula is C18H24BrNO4. The van der Waals surface area contributed by atoms with E-state index in [1.807, 2.05) is 31.2 Å². The highest BCUT2D eigenvalue weighted by molar-refractivity contribution is 9.10. The van der Waals surface area contributed by atoms with Gasteiger partial charge in [-0.3, -0.25) is 9.59 Å². The Morgan fingerprint density at radius 3 is 2.71 bits per heavy atom. The Bertz CT molecular complexity index is 592. The van der Waals surface area contributed by atoms with Gasteiger partial charge in [0.25, 0.3) is 0 Å². The average molecular weight is 398 g/mol. The Hall–Kier alpha value is -1.40. The van der Waals surface area contributed by atoms with Crippen molar-refractivity contribution in [3.63, 3.8) is 0 Å². The smallest absolute Gasteiger partial charge is 0.305 e. The fraction of sp³-hybridized carbons (Fsp3) is 0.556. The van der Waals surface area contributed by atoms with Crippen molar-refractivity contribution in [2.45, 2.75) is 44.8 Å². The van der Waals surface area contributed by atoms with Gasteiger partial charge < -0.3 is 14.7 Å². The van der Waals surface area contributed by atoms with Crippen molar-refractivity contribution in [1.82, 2.24) is 4.90 Å². The van der Waals surface area contributed by atoms with E-state index in [0.717, 1.165) is 10.0 Å². The molecule has 1 aliphatic rings. The summed E-state index contributed by atoms with van der Waals surface area (Å²) < 4.78 is 6.35. The van der Waals surface area contributed by atoms with Gasteiger partial charge in [-0.05, 0) is 30.9 Å². The standard InChI is InChI=1S/C18H24BrNO4/c1-3-12(8-13-6-4-5-7-16(13)19)18(23)20-11-15(24-2)9-14(20)10-17(21)22/h4-7,12,14-15H,3,8-11H2,1-2H3,(H,21,22). The van der Waals surface area contributed by atoms with E-state index in [0.29, 0.717) is 25.8 Å². The Labute approximate surface area is 151 Å². The molecule has 0 aromatic heterocycles. The Kier molecular flexibility index (Phi) is 6.80. The van der Waals surface area contributed by atoms with Gasteiger partial charge in [0.05, 0.1) is 12.5 Å². The lowest BCUT2D eigenvalue weighted by Crippen LogP contribution is -2.41. The number of amides is 1. The molecule has 6 heteroatoms. The molecule has 5 nitrogen and oxygen atoms in total. The predicted molar refractivity (Wildman–Crippen MR) is 94.8 cm³/mol. The Balaban J connectivity index is 2.13. The van der Waals surface area contributed by atoms with Crippen molar-refractivity contribution in [3.05, 3.63) is 34.3 Å². The molecule has 0 radical (unpaired) electrons. The van der Waals surface area contributed by atoms with Crippen LogP contribution in [0.3, 0.4) is 0 Å². The first-order valence-electron chi connectivity index (χ1n) is 8.24. The number of carboxylic acids is 1. The van der Waals surface area contributed by atoms with Crippen LogP contribution in [-0.2, 0) is 20.7 Å². The Morgan fingerprint density at radius 2 is 2.12 bits per heavy atom. The van der Waals surface area contributed by atoms with Crippen LogP contribution in [0.4, 0.5) is 0 Å². The van der Waals surface area contributed by atoms with Crippen molar-refractivity contribution in [3.8, 4) is 0 Å². The fourth-order valence-electron chi connectivity index (χ4n) is 3.28. The summed E-state index contributed by atoms with van der Waals surface area (Å²) in [7, 11) is 1.61. The van der Waals surface area contributed by atoms with Crippen LogP contribution < -0.4 is 0 Å². The number of methoxy groups -OCH3 is 1. The maximum atomic E-state index is 13.0. The van der Waals surface area contributed by atoms with E-state index in [2.05, 4.69) is 15.9 Å². The molecule has 1 aromatic rings. The second-order valence-electron chi connectivity index (χ2n) is 6.24. The number of nitrogens with zero attached hydrogens (tertiary/aromatic N) is 1. The van der Waals surface area contributed by atoms with E-state index < -0.39 is 5.97 Å². The van der Waals surface area contributed by atoms with Crippen LogP contribution in [0.15, 0.2) is 28.7 Å². The number of carboxylic acid groups (broad SMARTS) is 1. The number of hydrogen-bond donors (Lipinski definition) is 1. The van der Waals surface area contributed by atoms with Crippen molar-refractivity contribution in [2.75, 3.05) is 13.7 Å². The van der Waals surface area contributed by atoms with E-state index in [9.17, 15) is 9.59 Å². The highest BCUT2D eigenvalue weighted by atomic mass is 79.9. The summed E-state index contributed by atoms with van der Waals surface area (Å²) in [5, 5.41) is 9.11. The minimum absolute atomic E-state index is 0.0269. The van der Waals surface area contributed by atoms with Crippen LogP contribution in [-0.4, -0.2) is 47.7 Å². The number of hydrogen-bond acceptors (Lipinski definition) is 3. The number of rotatable bonds is 7. The summed E-state index contributed by atoms with van der Waals surface area (Å²) in [6.45, 7) is 2.47. The molecule has 1 heterocycles. The van der Waals surface area contributed by atoms with Crippen LogP contribution in [0.25, 0.3) is 0 Å². The van der Waals surface area contributed by atoms with Gasteiger partial charge in [-0.2, -0.15) is 0 Å². The topological polar surface area (TPSA) is 66.8 Å². The van der Waals surface area contributed by atoms with E-state index in [1.165, 1.54) is 0 Å². The first kappa shape index (κ1) is 18.9. The number of ether oxygens (including phenoxy) is 1. The largest absolute Gasteiger partial charge is 0.481 e. The highest BCUT2D eigenvalue weighted by Gasteiger charge is 2.38. The highest BCUT2D eigenvalue weighted by Crippen LogP contribution is 2.28. The maximum Gasteiger partial charge on any atom is 0.305 e. The number of aliphatic carboxylic acids is 1. The third kappa shape index (κ3) is 4.57. The van der Waals surface area contributed by atoms with Gasteiger partial charge in [0.15, 0.2) is 0 Å². The maximum absolute atomic E-state index is 13.0. The molecule has 1 aliphatic heterocycles. The minimum Gasteiger partial charge on any atom is -0.481 e. The molecule has 1 saturated heterocycles. The van der Waals surface area contributed by atoms with E-state index >= 15 is 0 Å². The van der Waals surface area contributed by atoms with Gasteiger partial charge in [-0.25, -0.2) is 0 Å². The monoisotopic (exact) mass is 397 g/mol. The second kappa shape index (κ2) is 8.62. The summed E-state index contributed by atoms with van der Waals surface area (Å²) in [4.78, 5) is 25.8. The molecule has 132 valence electrons. The van der Waals surface area contributed by atoms with E-state index in [1.54, 1.807) is 12.0 Å². The number of carbonyl (C=O) groups is 2. The molecule has 0 aliphatic carbocycles. The number of halogens is 1. The van der Waals surface area contributed by atoms with Crippen LogP contribution >= 0.6 is 15.9 Å². The summed E-state index contributed by atoms with van der Waals surface area (Å²) in [6.07, 6.45) is 1.83. The first-order chi connectivity index (χ1) is 11.5. The van der Waals surface area contributed by atoms with Gasteiger partial charge in [0, 0.05) is 30.1 Å². The lowest BCUT2D eigenvalue weighted by atomic mass is 9.95. The molecule has 1 aromatic carbocycles. The summed E-state index contributed by atoms with van der Waals surface area (Å²) >= 11 is 3.53. The van der Waals surface area contributed by atoms with Crippen molar-refractivity contribution >= 4 is 27.8 Å². The van der Waals surface area contributed by atoms with Crippen molar-refractivity contribution < 1.29 is 19.4 Å². The molecule has 0 bridgehead atoms. The molecule has 0 spiro atoms. The molecule has 2 rings (SSSR count). The van der Waals surface area contributed by atoms with Crippen LogP contribution in [0.1, 0.15) is 31.7 Å². The molecule has 1 fully saturated rings. The summed E-state index contributed by atoms with van der Waals surface area (Å²) in [5.74, 6) is -1.01. The van der Waals surface area contributed by atoms with E-state index in [-0.39, 0.29) is 30.4 Å². The van der Waals surface area contributed by atoms with Gasteiger partial charge in [-0.1, -0.05) is 41.1 Å². The van der Waals surface area contributed by atoms with Gasteiger partial charge in [0.1, 0.15) is 0 Å². The Morgan fingerprint density at radius 1 is 1.42 bits per heavy atom. The predicted octanol–water partition coefficient (Wildman–Crippen LogP) is 3.11. The molecule has 3 atom stereocenters. The van der Waals surface area contributed by atoms with Gasteiger partial charge >= 0.3 is 5.97 Å². The number of benzene rings is 1. The van der Waals surface area contributed by atoms with Crippen molar-refractivity contribution in [2.24, 2.45) is 5.92 Å². The minimum atomic E-state index is -0.881. The second-order valence-corrected chi connectivity index (χ2v) is 7.09. The average Bonchev–Trinajstić information content (AvgIpc) is 2.95. The summed E-state index contributed by atoms with van der Waals surface area (Å²) in [6, 6.07) is 7.60. The lowest BCUT2D eigenvalue weighted by Gasteiger charge is -2.28. The van der Waals surface area contributed by atoms with Crippen molar-refractivity contribution in [1.29, 1.82) is 0 Å². The normalized spacial score (nSPS) is 21.7. The molecule has 1 N–H and O–H groups in total. The number of carbonyl (C=O) groups excluding carboxylic acids is 1. The van der Waals surface area contributed by atoms with Gasteiger partial charge in [-0.15, -0.1) is 0 Å². The molecular weight excluding hydrogens is 374 g/mol. The van der Waals surface area contributed by atoms with Gasteiger partial charge in [0.2, 0.25) is 5.91 Å². The SMILES string of the molecule is CCC(Cc1ccccc1Br)C(=O)N1CC(OC)CC1CC(=O)O. The lowest BCUT2D eigenvalue weighted by molar-refractivity contribution is -0.141. The molecule has 1 amide bonds. The molecule has 0 saturated carbocycles. The zero-order valence-electron chi connectivity index (χ0n) is 14.1. The van der Waals surface area contributed by atoms with E-state index in [4.69, 9.17) is 9.84 Å².